The minimum Gasteiger partial charge on any atom is -0.474 e. The zero-order valence-electron chi connectivity index (χ0n) is 17.8. The highest BCUT2D eigenvalue weighted by atomic mass is 19.4. The number of hydrogen-bond acceptors (Lipinski definition) is 5. The van der Waals surface area contributed by atoms with Gasteiger partial charge in [0.15, 0.2) is 5.76 Å². The van der Waals surface area contributed by atoms with Crippen molar-refractivity contribution in [2.45, 2.75) is 52.9 Å². The number of carbonyl (C=O) groups is 1. The van der Waals surface area contributed by atoms with Crippen LogP contribution in [-0.4, -0.2) is 56.7 Å². The Morgan fingerprint density at radius 1 is 1.38 bits per heavy atom. The molecule has 0 bridgehead atoms. The van der Waals surface area contributed by atoms with E-state index < -0.39 is 23.4 Å². The predicted octanol–water partition coefficient (Wildman–Crippen LogP) is 3.86. The van der Waals surface area contributed by atoms with Gasteiger partial charge in [-0.1, -0.05) is 19.4 Å². The van der Waals surface area contributed by atoms with E-state index in [9.17, 15) is 18.0 Å². The van der Waals surface area contributed by atoms with E-state index in [4.69, 9.17) is 4.74 Å². The van der Waals surface area contributed by atoms with Crippen LogP contribution in [0.4, 0.5) is 13.2 Å². The molecule has 1 aliphatic heterocycles. The van der Waals surface area contributed by atoms with Crippen LogP contribution in [0.3, 0.4) is 0 Å². The first-order chi connectivity index (χ1) is 13.4. The molecule has 0 aliphatic carbocycles. The normalized spacial score (nSPS) is 22.2. The molecule has 0 spiro atoms. The number of amides is 1. The number of alkyl halides is 3. The van der Waals surface area contributed by atoms with Crippen molar-refractivity contribution in [2.24, 2.45) is 16.3 Å². The SMILES string of the molecule is C=N/C(OCC(C)(C)C(=O)N[C@@H]1CCN(C)C[C@H]1CC)=C(\C=C/C)OC(F)(F)F. The monoisotopic (exact) mass is 419 g/mol. The van der Waals surface area contributed by atoms with Crippen LogP contribution in [-0.2, 0) is 14.3 Å². The van der Waals surface area contributed by atoms with Gasteiger partial charge >= 0.3 is 6.36 Å². The summed E-state index contributed by atoms with van der Waals surface area (Å²) < 4.78 is 47.2. The van der Waals surface area contributed by atoms with Crippen molar-refractivity contribution in [3.63, 3.8) is 0 Å². The largest absolute Gasteiger partial charge is 0.573 e. The molecule has 1 N–H and O–H groups in total. The molecule has 6 nitrogen and oxygen atoms in total. The van der Waals surface area contributed by atoms with Crippen molar-refractivity contribution in [2.75, 3.05) is 26.7 Å². The molecule has 1 saturated heterocycles. The van der Waals surface area contributed by atoms with Crippen LogP contribution < -0.4 is 5.32 Å². The van der Waals surface area contributed by atoms with E-state index in [1.165, 1.54) is 13.0 Å². The Morgan fingerprint density at radius 2 is 2.03 bits per heavy atom. The number of hydrogen-bond donors (Lipinski definition) is 1. The molecule has 2 atom stereocenters. The standard InChI is InChI=1S/C20H32F3N3O3/c1-7-9-16(29-20(21,22)23)17(24-5)28-13-19(3,4)18(27)25-15-10-11-26(6)12-14(15)8-2/h7,9,14-15H,5,8,10-13H2,1-4,6H3,(H,25,27)/b9-7-,17-16-/t14-,15-/m1/s1. The van der Waals surface area contributed by atoms with Gasteiger partial charge in [0, 0.05) is 12.6 Å². The quantitative estimate of drug-likeness (QED) is 0.350. The molecule has 0 aromatic rings. The van der Waals surface area contributed by atoms with Gasteiger partial charge in [0.05, 0.1) is 5.41 Å². The van der Waals surface area contributed by atoms with Gasteiger partial charge in [-0.15, -0.1) is 13.2 Å². The maximum absolute atomic E-state index is 12.8. The molecule has 0 unspecified atom stereocenters. The van der Waals surface area contributed by atoms with E-state index in [-0.39, 0.29) is 18.6 Å². The summed E-state index contributed by atoms with van der Waals surface area (Å²) in [6.45, 7) is 11.8. The second kappa shape index (κ2) is 10.7. The van der Waals surface area contributed by atoms with Crippen molar-refractivity contribution in [3.05, 3.63) is 23.8 Å². The van der Waals surface area contributed by atoms with Crippen LogP contribution in [0.1, 0.15) is 40.5 Å². The number of likely N-dealkylation sites (tertiary alicyclic amines) is 1. The summed E-state index contributed by atoms with van der Waals surface area (Å²) in [7, 11) is 2.06. The lowest BCUT2D eigenvalue weighted by atomic mass is 9.87. The van der Waals surface area contributed by atoms with Crippen LogP contribution in [0.2, 0.25) is 0 Å². The molecule has 0 saturated carbocycles. The molecular formula is C20H32F3N3O3. The molecule has 0 radical (unpaired) electrons. The molecule has 1 heterocycles. The minimum atomic E-state index is -4.90. The summed E-state index contributed by atoms with van der Waals surface area (Å²) in [5, 5.41) is 3.08. The number of carbonyl (C=O) groups excluding carboxylic acids is 1. The Morgan fingerprint density at radius 3 is 2.55 bits per heavy atom. The highest BCUT2D eigenvalue weighted by Gasteiger charge is 2.36. The molecule has 1 aliphatic rings. The first-order valence-corrected chi connectivity index (χ1v) is 9.65. The van der Waals surface area contributed by atoms with Crippen LogP contribution in [0.25, 0.3) is 0 Å². The fourth-order valence-corrected chi connectivity index (χ4v) is 3.12. The van der Waals surface area contributed by atoms with Crippen LogP contribution >= 0.6 is 0 Å². The van der Waals surface area contributed by atoms with Gasteiger partial charge in [0.2, 0.25) is 5.91 Å². The molecule has 9 heteroatoms. The third-order valence-corrected chi connectivity index (χ3v) is 4.86. The fourth-order valence-electron chi connectivity index (χ4n) is 3.12. The number of nitrogens with zero attached hydrogens (tertiary/aromatic N) is 2. The number of aliphatic imine (C=N–C) groups is 1. The van der Waals surface area contributed by atoms with Crippen molar-refractivity contribution >= 4 is 12.6 Å². The second-order valence-corrected chi connectivity index (χ2v) is 7.85. The average molecular weight is 419 g/mol. The first kappa shape index (κ1) is 25.0. The van der Waals surface area contributed by atoms with Crippen molar-refractivity contribution in [3.8, 4) is 0 Å². The van der Waals surface area contributed by atoms with Crippen molar-refractivity contribution in [1.29, 1.82) is 0 Å². The molecule has 0 aromatic carbocycles. The minimum absolute atomic E-state index is 0.0580. The lowest BCUT2D eigenvalue weighted by Gasteiger charge is -2.38. The average Bonchev–Trinajstić information content (AvgIpc) is 2.62. The van der Waals surface area contributed by atoms with Gasteiger partial charge in [0.1, 0.15) is 6.61 Å². The molecule has 1 fully saturated rings. The molecule has 1 amide bonds. The third kappa shape index (κ3) is 8.08. The zero-order valence-corrected chi connectivity index (χ0v) is 17.8. The topological polar surface area (TPSA) is 63.2 Å². The van der Waals surface area contributed by atoms with E-state index in [1.54, 1.807) is 13.8 Å². The fraction of sp³-hybridized carbons (Fsp3) is 0.700. The van der Waals surface area contributed by atoms with Crippen LogP contribution in [0, 0.1) is 11.3 Å². The number of halogens is 3. The number of allylic oxidation sites excluding steroid dienone is 2. The summed E-state index contributed by atoms with van der Waals surface area (Å²) in [5.74, 6) is -0.918. The number of piperidine rings is 1. The van der Waals surface area contributed by atoms with Crippen LogP contribution in [0.15, 0.2) is 28.8 Å². The number of nitrogens with one attached hydrogen (secondary N) is 1. The Bertz CT molecular complexity index is 630. The first-order valence-electron chi connectivity index (χ1n) is 9.65. The predicted molar refractivity (Wildman–Crippen MR) is 106 cm³/mol. The van der Waals surface area contributed by atoms with Gasteiger partial charge in [-0.25, -0.2) is 4.99 Å². The highest BCUT2D eigenvalue weighted by molar-refractivity contribution is 5.82. The summed E-state index contributed by atoms with van der Waals surface area (Å²) in [5.41, 5.74) is -0.989. The zero-order chi connectivity index (χ0) is 22.2. The Hall–Kier alpha value is -2.03. The molecule has 29 heavy (non-hydrogen) atoms. The third-order valence-electron chi connectivity index (χ3n) is 4.86. The van der Waals surface area contributed by atoms with Gasteiger partial charge in [-0.3, -0.25) is 4.79 Å². The van der Waals surface area contributed by atoms with E-state index in [1.807, 2.05) is 0 Å². The lowest BCUT2D eigenvalue weighted by Crippen LogP contribution is -2.53. The molecule has 166 valence electrons. The Labute approximate surface area is 170 Å². The molecule has 1 rings (SSSR count). The molecule has 0 aromatic heterocycles. The van der Waals surface area contributed by atoms with Gasteiger partial charge in [-0.2, -0.15) is 0 Å². The number of ether oxygens (including phenoxy) is 2. The van der Waals surface area contributed by atoms with Gasteiger partial charge in [0.25, 0.3) is 5.88 Å². The second-order valence-electron chi connectivity index (χ2n) is 7.85. The summed E-state index contributed by atoms with van der Waals surface area (Å²) >= 11 is 0. The van der Waals surface area contributed by atoms with Crippen molar-refractivity contribution in [1.82, 2.24) is 10.2 Å². The molecular weight excluding hydrogens is 387 g/mol. The summed E-state index contributed by atoms with van der Waals surface area (Å²) in [6.07, 6.45) is -0.666. The van der Waals surface area contributed by atoms with E-state index in [0.717, 1.165) is 32.0 Å². The Balaban J connectivity index is 2.84. The van der Waals surface area contributed by atoms with Crippen LogP contribution in [0.5, 0.6) is 0 Å². The lowest BCUT2D eigenvalue weighted by molar-refractivity contribution is -0.304. The maximum Gasteiger partial charge on any atom is 0.573 e. The van der Waals surface area contributed by atoms with E-state index in [2.05, 4.69) is 40.6 Å². The smallest absolute Gasteiger partial charge is 0.474 e. The summed E-state index contributed by atoms with van der Waals surface area (Å²) in [6, 6.07) is 0.0580. The maximum atomic E-state index is 12.8. The highest BCUT2D eigenvalue weighted by Crippen LogP contribution is 2.27. The van der Waals surface area contributed by atoms with Gasteiger partial charge < -0.3 is 19.7 Å². The van der Waals surface area contributed by atoms with E-state index >= 15 is 0 Å². The van der Waals surface area contributed by atoms with Crippen molar-refractivity contribution < 1.29 is 27.4 Å². The number of rotatable bonds is 9. The van der Waals surface area contributed by atoms with Gasteiger partial charge in [-0.05, 0) is 59.5 Å². The van der Waals surface area contributed by atoms with E-state index in [0.29, 0.717) is 5.92 Å². The summed E-state index contributed by atoms with van der Waals surface area (Å²) in [4.78, 5) is 18.5. The Kier molecular flexibility index (Phi) is 9.19.